The summed E-state index contributed by atoms with van der Waals surface area (Å²) in [6.07, 6.45) is 1.62. The van der Waals surface area contributed by atoms with Crippen LogP contribution in [0.5, 0.6) is 0 Å². The molecular formula is C14H14N6O. The molecule has 21 heavy (non-hydrogen) atoms. The van der Waals surface area contributed by atoms with Gasteiger partial charge in [0.05, 0.1) is 5.69 Å². The topological polar surface area (TPSA) is 105 Å². The molecule has 2 rings (SSSR count). The van der Waals surface area contributed by atoms with Crippen LogP contribution >= 0.6 is 0 Å². The molecule has 0 radical (unpaired) electrons. The molecule has 0 saturated heterocycles. The van der Waals surface area contributed by atoms with Crippen molar-refractivity contribution in [1.29, 1.82) is 0 Å². The van der Waals surface area contributed by atoms with Gasteiger partial charge >= 0.3 is 0 Å². The zero-order valence-electron chi connectivity index (χ0n) is 11.4. The van der Waals surface area contributed by atoms with Gasteiger partial charge < -0.3 is 11.1 Å². The van der Waals surface area contributed by atoms with Crippen molar-refractivity contribution in [2.45, 2.75) is 6.92 Å². The van der Waals surface area contributed by atoms with Crippen molar-refractivity contribution in [3.05, 3.63) is 54.4 Å². The lowest BCUT2D eigenvalue weighted by atomic mass is 10.3. The normalized spacial score (nSPS) is 11.6. The highest BCUT2D eigenvalue weighted by atomic mass is 16.1. The second-order valence-corrected chi connectivity index (χ2v) is 4.12. The van der Waals surface area contributed by atoms with Crippen LogP contribution in [0.3, 0.4) is 0 Å². The van der Waals surface area contributed by atoms with E-state index in [-0.39, 0.29) is 11.7 Å². The van der Waals surface area contributed by atoms with E-state index in [0.29, 0.717) is 17.1 Å². The number of carbonyl (C=O) groups excluding carboxylic acids is 1. The van der Waals surface area contributed by atoms with Crippen LogP contribution < -0.4 is 11.1 Å². The lowest BCUT2D eigenvalue weighted by Crippen LogP contribution is -2.13. The highest BCUT2D eigenvalue weighted by molar-refractivity contribution is 5.95. The lowest BCUT2D eigenvalue weighted by Gasteiger charge is -2.01. The predicted octanol–water partition coefficient (Wildman–Crippen LogP) is 2.44. The Morgan fingerprint density at radius 1 is 1.24 bits per heavy atom. The van der Waals surface area contributed by atoms with Crippen LogP contribution in [-0.2, 0) is 4.79 Å². The minimum atomic E-state index is -0.151. The molecule has 0 spiro atoms. The van der Waals surface area contributed by atoms with Gasteiger partial charge in [0.1, 0.15) is 5.69 Å². The molecule has 0 aliphatic carbocycles. The summed E-state index contributed by atoms with van der Waals surface area (Å²) < 4.78 is 0. The van der Waals surface area contributed by atoms with Gasteiger partial charge in [0.25, 0.3) is 0 Å². The van der Waals surface area contributed by atoms with Gasteiger partial charge in [-0.2, -0.15) is 0 Å². The van der Waals surface area contributed by atoms with Crippen LogP contribution in [0.4, 0.5) is 11.4 Å². The summed E-state index contributed by atoms with van der Waals surface area (Å²) in [7, 11) is 0. The first-order valence-corrected chi connectivity index (χ1v) is 6.18. The molecule has 0 aliphatic heterocycles. The molecule has 0 bridgehead atoms. The lowest BCUT2D eigenvalue weighted by molar-refractivity contribution is -0.114. The van der Waals surface area contributed by atoms with Gasteiger partial charge in [-0.05, 0) is 35.6 Å². The molecule has 1 aromatic heterocycles. The molecule has 0 saturated carbocycles. The summed E-state index contributed by atoms with van der Waals surface area (Å²) in [5.41, 5.74) is 7.46. The van der Waals surface area contributed by atoms with Gasteiger partial charge in [-0.1, -0.05) is 12.1 Å². The number of nitrogens with two attached hydrogens (primary N) is 1. The van der Waals surface area contributed by atoms with Crippen molar-refractivity contribution in [3.8, 4) is 0 Å². The second-order valence-electron chi connectivity index (χ2n) is 4.12. The maximum atomic E-state index is 11.0. The molecule has 1 heterocycles. The van der Waals surface area contributed by atoms with Crippen LogP contribution in [0.1, 0.15) is 12.6 Å². The first kappa shape index (κ1) is 14.3. The molecule has 0 fully saturated rings. The third-order valence-electron chi connectivity index (χ3n) is 2.41. The molecule has 1 aromatic carbocycles. The van der Waals surface area contributed by atoms with Crippen LogP contribution in [0.2, 0.25) is 0 Å². The van der Waals surface area contributed by atoms with Crippen LogP contribution in [-0.4, -0.2) is 16.7 Å². The number of aromatic nitrogens is 1. The van der Waals surface area contributed by atoms with Gasteiger partial charge in [-0.15, -0.1) is 10.2 Å². The third kappa shape index (κ3) is 4.50. The molecule has 106 valence electrons. The number of nitrogens with zero attached hydrogens (tertiary/aromatic N) is 4. The van der Waals surface area contributed by atoms with E-state index in [0.717, 1.165) is 0 Å². The van der Waals surface area contributed by atoms with E-state index in [1.807, 2.05) is 0 Å². The van der Waals surface area contributed by atoms with Crippen molar-refractivity contribution >= 4 is 23.1 Å². The fourth-order valence-electron chi connectivity index (χ4n) is 1.54. The molecule has 2 aromatic rings. The van der Waals surface area contributed by atoms with Gasteiger partial charge in [-0.3, -0.25) is 9.78 Å². The number of anilines is 1. The number of amides is 1. The average Bonchev–Trinajstić information content (AvgIpc) is 2.48. The quantitative estimate of drug-likeness (QED) is 0.389. The van der Waals surface area contributed by atoms with E-state index in [2.05, 4.69) is 25.7 Å². The van der Waals surface area contributed by atoms with Crippen LogP contribution in [0.15, 0.2) is 64.1 Å². The smallest absolute Gasteiger partial charge is 0.221 e. The van der Waals surface area contributed by atoms with Crippen molar-refractivity contribution in [2.24, 2.45) is 21.2 Å². The summed E-state index contributed by atoms with van der Waals surface area (Å²) in [4.78, 5) is 15.0. The second kappa shape index (κ2) is 6.90. The number of benzene rings is 1. The first-order valence-electron chi connectivity index (χ1n) is 6.18. The Balaban J connectivity index is 2.09. The Morgan fingerprint density at radius 3 is 2.81 bits per heavy atom. The fourth-order valence-corrected chi connectivity index (χ4v) is 1.54. The maximum Gasteiger partial charge on any atom is 0.221 e. The van der Waals surface area contributed by atoms with E-state index < -0.39 is 0 Å². The molecule has 1 amide bonds. The molecule has 7 heteroatoms. The zero-order valence-corrected chi connectivity index (χ0v) is 11.4. The monoisotopic (exact) mass is 282 g/mol. The minimum absolute atomic E-state index is 0.151. The Hall–Kier alpha value is -3.09. The van der Waals surface area contributed by atoms with Gasteiger partial charge in [0.15, 0.2) is 5.84 Å². The largest absolute Gasteiger partial charge is 0.380 e. The Morgan fingerprint density at radius 2 is 2.10 bits per heavy atom. The summed E-state index contributed by atoms with van der Waals surface area (Å²) in [6, 6.07) is 12.2. The number of hydrogen-bond acceptors (Lipinski definition) is 4. The third-order valence-corrected chi connectivity index (χ3v) is 2.41. The zero-order chi connectivity index (χ0) is 15.1. The number of hydrogen-bond donors (Lipinski definition) is 2. The minimum Gasteiger partial charge on any atom is -0.380 e. The standard InChI is InChI=1S/C14H14N6O/c1-10(21)17-11-5-4-6-12(9-11)18-20-19-14(15)13-7-2-3-8-16-13/h2-9H,1H3,(H,17,21)(H2,15,18,19). The van der Waals surface area contributed by atoms with Crippen molar-refractivity contribution < 1.29 is 4.79 Å². The molecular weight excluding hydrogens is 268 g/mol. The molecule has 0 atom stereocenters. The highest BCUT2D eigenvalue weighted by Gasteiger charge is 1.98. The Kier molecular flexibility index (Phi) is 4.70. The van der Waals surface area contributed by atoms with E-state index in [9.17, 15) is 4.79 Å². The first-order chi connectivity index (χ1) is 10.1. The van der Waals surface area contributed by atoms with E-state index in [1.54, 1.807) is 48.7 Å². The van der Waals surface area contributed by atoms with Gasteiger partial charge in [0, 0.05) is 18.8 Å². The number of rotatable bonds is 4. The SMILES string of the molecule is CC(=O)Nc1cccc(N=NN=C(N)c2ccccn2)c1. The number of amidine groups is 1. The molecule has 7 nitrogen and oxygen atoms in total. The van der Waals surface area contributed by atoms with Crippen molar-refractivity contribution in [1.82, 2.24) is 4.98 Å². The van der Waals surface area contributed by atoms with Gasteiger partial charge in [-0.25, -0.2) is 0 Å². The predicted molar refractivity (Wildman–Crippen MR) is 80.2 cm³/mol. The summed E-state index contributed by atoms with van der Waals surface area (Å²) in [5, 5.41) is 14.0. The van der Waals surface area contributed by atoms with Gasteiger partial charge in [0.2, 0.25) is 5.91 Å². The van der Waals surface area contributed by atoms with E-state index >= 15 is 0 Å². The summed E-state index contributed by atoms with van der Waals surface area (Å²) in [6.45, 7) is 1.44. The van der Waals surface area contributed by atoms with Crippen LogP contribution in [0.25, 0.3) is 0 Å². The molecule has 3 N–H and O–H groups in total. The molecule has 0 aliphatic rings. The highest BCUT2D eigenvalue weighted by Crippen LogP contribution is 2.18. The van der Waals surface area contributed by atoms with Crippen molar-refractivity contribution in [2.75, 3.05) is 5.32 Å². The number of carbonyl (C=O) groups is 1. The Labute approximate surface area is 121 Å². The average molecular weight is 282 g/mol. The summed E-state index contributed by atoms with van der Waals surface area (Å²) >= 11 is 0. The number of nitrogens with one attached hydrogen (secondary N) is 1. The van der Waals surface area contributed by atoms with Crippen LogP contribution in [0, 0.1) is 0 Å². The van der Waals surface area contributed by atoms with E-state index in [4.69, 9.17) is 5.73 Å². The van der Waals surface area contributed by atoms with Crippen molar-refractivity contribution in [3.63, 3.8) is 0 Å². The van der Waals surface area contributed by atoms with E-state index in [1.165, 1.54) is 6.92 Å². The number of pyridine rings is 1. The maximum absolute atomic E-state index is 11.0. The molecule has 0 unspecified atom stereocenters. The fraction of sp³-hybridized carbons (Fsp3) is 0.0714. The Bertz CT molecular complexity index is 681. The summed E-state index contributed by atoms with van der Waals surface area (Å²) in [5.74, 6) is 0.0267.